The van der Waals surface area contributed by atoms with Gasteiger partial charge in [0.25, 0.3) is 0 Å². The first-order valence-electron chi connectivity index (χ1n) is 10.6. The van der Waals surface area contributed by atoms with Crippen LogP contribution < -0.4 is 16.8 Å². The van der Waals surface area contributed by atoms with Crippen molar-refractivity contribution in [3.8, 4) is 0 Å². The van der Waals surface area contributed by atoms with Gasteiger partial charge in [-0.05, 0) is 43.5 Å². The van der Waals surface area contributed by atoms with Crippen LogP contribution >= 0.6 is 36.2 Å². The summed E-state index contributed by atoms with van der Waals surface area (Å²) in [4.78, 5) is 37.6. The minimum absolute atomic E-state index is 0. The largest absolute Gasteiger partial charge is 0.370 e. The third kappa shape index (κ3) is 8.43. The zero-order valence-electron chi connectivity index (χ0n) is 19.6. The van der Waals surface area contributed by atoms with Crippen LogP contribution in [0.4, 0.5) is 10.8 Å². The number of nitrogens with one attached hydrogen (secondary N) is 1. The SMILES string of the molecule is CC(=O)Nc1nc(CCc2ccc(N=C(N)N)cc2)c(CN2CC[C@H](C(=O)N(C)C)C2)s1.Cl.Cl. The Morgan fingerprint density at radius 2 is 1.88 bits per heavy atom. The number of nitrogens with zero attached hydrogens (tertiary/aromatic N) is 4. The van der Waals surface area contributed by atoms with Gasteiger partial charge in [0.2, 0.25) is 11.8 Å². The molecule has 2 amide bonds. The average molecular weight is 531 g/mol. The van der Waals surface area contributed by atoms with Crippen LogP contribution in [0.3, 0.4) is 0 Å². The number of likely N-dealkylation sites (tertiary alicyclic amines) is 1. The third-order valence-corrected chi connectivity index (χ3v) is 6.33. The lowest BCUT2D eigenvalue weighted by atomic mass is 10.1. The highest BCUT2D eigenvalue weighted by Crippen LogP contribution is 2.28. The first-order valence-corrected chi connectivity index (χ1v) is 11.4. The van der Waals surface area contributed by atoms with E-state index < -0.39 is 0 Å². The molecule has 34 heavy (non-hydrogen) atoms. The number of hydrogen-bond acceptors (Lipinski definition) is 6. The van der Waals surface area contributed by atoms with Gasteiger partial charge >= 0.3 is 0 Å². The number of amides is 2. The Labute approximate surface area is 216 Å². The van der Waals surface area contributed by atoms with E-state index in [0.717, 1.165) is 55.0 Å². The van der Waals surface area contributed by atoms with Crippen LogP contribution in [0.2, 0.25) is 0 Å². The molecular formula is C22H33Cl2N7O2S. The lowest BCUT2D eigenvalue weighted by Crippen LogP contribution is -2.31. The van der Waals surface area contributed by atoms with Crippen LogP contribution in [-0.4, -0.2) is 59.7 Å². The second-order valence-corrected chi connectivity index (χ2v) is 9.31. The summed E-state index contributed by atoms with van der Waals surface area (Å²) in [6, 6.07) is 7.76. The third-order valence-electron chi connectivity index (χ3n) is 5.34. The number of carbonyl (C=O) groups excluding carboxylic acids is 2. The molecule has 9 nitrogen and oxygen atoms in total. The normalized spacial score (nSPS) is 15.1. The van der Waals surface area contributed by atoms with Gasteiger partial charge in [-0.3, -0.25) is 14.5 Å². The molecule has 188 valence electrons. The Hall–Kier alpha value is -2.40. The van der Waals surface area contributed by atoms with E-state index in [9.17, 15) is 9.59 Å². The highest BCUT2D eigenvalue weighted by Gasteiger charge is 2.30. The second kappa shape index (κ2) is 13.5. The number of carbonyl (C=O) groups is 2. The first-order chi connectivity index (χ1) is 15.2. The molecule has 1 aromatic carbocycles. The molecule has 5 N–H and O–H groups in total. The molecule has 1 fully saturated rings. The van der Waals surface area contributed by atoms with Crippen molar-refractivity contribution in [3.63, 3.8) is 0 Å². The fourth-order valence-corrected chi connectivity index (χ4v) is 4.90. The molecule has 1 aliphatic rings. The number of anilines is 1. The predicted octanol–water partition coefficient (Wildman–Crippen LogP) is 2.55. The molecule has 2 heterocycles. The standard InChI is InChI=1S/C22H31N7O2S.2ClH/c1-14(30)25-22-27-18(9-6-15-4-7-17(8-5-15)26-21(23)24)19(32-22)13-29-11-10-16(12-29)20(31)28(2)3;;/h4-5,7-8,16H,6,9-13H2,1-3H3,(H4,23,24,26)(H,25,27,30);2*1H/t16-;;/m0../s1. The number of nitrogens with two attached hydrogens (primary N) is 2. The summed E-state index contributed by atoms with van der Waals surface area (Å²) >= 11 is 1.51. The van der Waals surface area contributed by atoms with Crippen LogP contribution in [-0.2, 0) is 29.0 Å². The average Bonchev–Trinajstić information content (AvgIpc) is 3.33. The van der Waals surface area contributed by atoms with Crippen molar-refractivity contribution < 1.29 is 9.59 Å². The summed E-state index contributed by atoms with van der Waals surface area (Å²) in [5, 5.41) is 3.42. The molecule has 3 rings (SSSR count). The number of hydrogen-bond donors (Lipinski definition) is 3. The van der Waals surface area contributed by atoms with Gasteiger partial charge in [0.05, 0.1) is 17.3 Å². The molecule has 0 unspecified atom stereocenters. The van der Waals surface area contributed by atoms with E-state index in [1.54, 1.807) is 19.0 Å². The molecule has 0 bridgehead atoms. The fourth-order valence-electron chi connectivity index (χ4n) is 3.80. The zero-order valence-corrected chi connectivity index (χ0v) is 22.1. The van der Waals surface area contributed by atoms with Crippen LogP contribution in [0.1, 0.15) is 29.5 Å². The number of halogens is 2. The van der Waals surface area contributed by atoms with Gasteiger partial charge in [-0.1, -0.05) is 12.1 Å². The van der Waals surface area contributed by atoms with E-state index in [-0.39, 0.29) is 48.5 Å². The molecule has 0 spiro atoms. The quantitative estimate of drug-likeness (QED) is 0.355. The Bertz CT molecular complexity index is 992. The molecule has 1 saturated heterocycles. The number of guanidine groups is 1. The summed E-state index contributed by atoms with van der Waals surface area (Å²) in [6.07, 6.45) is 2.42. The Kier molecular flexibility index (Phi) is 11.7. The minimum Gasteiger partial charge on any atom is -0.370 e. The monoisotopic (exact) mass is 529 g/mol. The van der Waals surface area contributed by atoms with Crippen molar-refractivity contribution in [1.29, 1.82) is 0 Å². The zero-order chi connectivity index (χ0) is 23.3. The van der Waals surface area contributed by atoms with Crippen LogP contribution in [0, 0.1) is 5.92 Å². The van der Waals surface area contributed by atoms with Crippen LogP contribution in [0.5, 0.6) is 0 Å². The lowest BCUT2D eigenvalue weighted by molar-refractivity contribution is -0.132. The van der Waals surface area contributed by atoms with Crippen molar-refractivity contribution in [1.82, 2.24) is 14.8 Å². The Morgan fingerprint density at radius 1 is 1.21 bits per heavy atom. The van der Waals surface area contributed by atoms with Crippen molar-refractivity contribution in [2.75, 3.05) is 32.5 Å². The first kappa shape index (κ1) is 29.6. The van der Waals surface area contributed by atoms with Gasteiger partial charge in [0, 0.05) is 39.0 Å². The molecule has 1 atom stereocenters. The van der Waals surface area contributed by atoms with Crippen molar-refractivity contribution in [2.45, 2.75) is 32.7 Å². The Balaban J connectivity index is 0.00000289. The summed E-state index contributed by atoms with van der Waals surface area (Å²) in [5.74, 6) is 0.122. The molecule has 12 heteroatoms. The smallest absolute Gasteiger partial charge is 0.226 e. The summed E-state index contributed by atoms with van der Waals surface area (Å²) in [5.41, 5.74) is 13.7. The summed E-state index contributed by atoms with van der Waals surface area (Å²) in [6.45, 7) is 3.84. The number of aromatic nitrogens is 1. The topological polar surface area (TPSA) is 130 Å². The number of thiazole rings is 1. The van der Waals surface area contributed by atoms with Crippen molar-refractivity contribution in [2.24, 2.45) is 22.4 Å². The van der Waals surface area contributed by atoms with E-state index in [4.69, 9.17) is 11.5 Å². The van der Waals surface area contributed by atoms with Gasteiger partial charge in [-0.2, -0.15) is 0 Å². The van der Waals surface area contributed by atoms with Gasteiger partial charge in [-0.25, -0.2) is 9.98 Å². The molecule has 2 aromatic rings. The summed E-state index contributed by atoms with van der Waals surface area (Å²) < 4.78 is 0. The molecule has 0 radical (unpaired) electrons. The maximum Gasteiger partial charge on any atom is 0.226 e. The number of benzene rings is 1. The predicted molar refractivity (Wildman–Crippen MR) is 142 cm³/mol. The number of aryl methyl sites for hydroxylation is 2. The highest BCUT2D eigenvalue weighted by molar-refractivity contribution is 7.15. The van der Waals surface area contributed by atoms with Gasteiger partial charge in [-0.15, -0.1) is 36.2 Å². The van der Waals surface area contributed by atoms with Crippen LogP contribution in [0.15, 0.2) is 29.3 Å². The fraction of sp³-hybridized carbons (Fsp3) is 0.455. The van der Waals surface area contributed by atoms with E-state index >= 15 is 0 Å². The highest BCUT2D eigenvalue weighted by atomic mass is 35.5. The van der Waals surface area contributed by atoms with Crippen molar-refractivity contribution in [3.05, 3.63) is 40.4 Å². The van der Waals surface area contributed by atoms with Crippen molar-refractivity contribution >= 4 is 64.7 Å². The van der Waals surface area contributed by atoms with Gasteiger partial charge in [0.1, 0.15) is 0 Å². The summed E-state index contributed by atoms with van der Waals surface area (Å²) in [7, 11) is 3.60. The van der Waals surface area contributed by atoms with Crippen LogP contribution in [0.25, 0.3) is 0 Å². The van der Waals surface area contributed by atoms with E-state index in [1.807, 2.05) is 24.3 Å². The maximum atomic E-state index is 12.3. The number of rotatable bonds is 8. The van der Waals surface area contributed by atoms with E-state index in [0.29, 0.717) is 10.8 Å². The number of aliphatic imine (C=N–C) groups is 1. The van der Waals surface area contributed by atoms with Gasteiger partial charge < -0.3 is 21.7 Å². The molecule has 0 saturated carbocycles. The lowest BCUT2D eigenvalue weighted by Gasteiger charge is -2.18. The molecule has 1 aromatic heterocycles. The maximum absolute atomic E-state index is 12.3. The molecule has 1 aliphatic heterocycles. The van der Waals surface area contributed by atoms with E-state index in [1.165, 1.54) is 18.3 Å². The van der Waals surface area contributed by atoms with E-state index in [2.05, 4.69) is 20.2 Å². The second-order valence-electron chi connectivity index (χ2n) is 8.23. The molecule has 0 aliphatic carbocycles. The minimum atomic E-state index is -0.134. The molecular weight excluding hydrogens is 497 g/mol. The van der Waals surface area contributed by atoms with Gasteiger partial charge in [0.15, 0.2) is 11.1 Å². The Morgan fingerprint density at radius 3 is 2.47 bits per heavy atom.